The number of benzene rings is 1. The van der Waals surface area contributed by atoms with Gasteiger partial charge in [0.05, 0.1) is 12.7 Å². The topological polar surface area (TPSA) is 77.5 Å². The molecule has 0 radical (unpaired) electrons. The molecule has 1 amide bonds. The van der Waals surface area contributed by atoms with Crippen molar-refractivity contribution in [2.24, 2.45) is 0 Å². The van der Waals surface area contributed by atoms with Gasteiger partial charge >= 0.3 is 12.1 Å². The number of carbonyl (C=O) groups excluding carboxylic acids is 2. The van der Waals surface area contributed by atoms with Crippen molar-refractivity contribution in [1.82, 2.24) is 10.3 Å². The summed E-state index contributed by atoms with van der Waals surface area (Å²) < 4.78 is 9.71. The molecule has 1 aromatic heterocycles. The monoisotopic (exact) mass is 338 g/mol. The highest BCUT2D eigenvalue weighted by atomic mass is 16.5. The van der Waals surface area contributed by atoms with Gasteiger partial charge in [-0.05, 0) is 11.6 Å². The molecule has 2 aromatic rings. The zero-order chi connectivity index (χ0) is 17.9. The van der Waals surface area contributed by atoms with Crippen LogP contribution in [0, 0.1) is 11.8 Å². The van der Waals surface area contributed by atoms with E-state index in [0.29, 0.717) is 24.1 Å². The van der Waals surface area contributed by atoms with Crippen molar-refractivity contribution in [2.75, 3.05) is 13.7 Å². The molecule has 0 aliphatic rings. The lowest BCUT2D eigenvalue weighted by atomic mass is 10.2. The Hall–Kier alpha value is -3.33. The molecule has 0 saturated carbocycles. The number of nitrogens with zero attached hydrogens (tertiary/aromatic N) is 1. The normalized spacial score (nSPS) is 9.48. The van der Waals surface area contributed by atoms with Gasteiger partial charge in [0.1, 0.15) is 6.61 Å². The number of rotatable bonds is 5. The fraction of sp³-hybridized carbons (Fsp3) is 0.211. The average molecular weight is 338 g/mol. The predicted molar refractivity (Wildman–Crippen MR) is 91.7 cm³/mol. The molecule has 0 fully saturated rings. The van der Waals surface area contributed by atoms with E-state index in [1.807, 2.05) is 30.3 Å². The summed E-state index contributed by atoms with van der Waals surface area (Å²) in [5.41, 5.74) is 1.88. The minimum absolute atomic E-state index is 0.227. The van der Waals surface area contributed by atoms with Crippen molar-refractivity contribution in [2.45, 2.75) is 13.0 Å². The summed E-state index contributed by atoms with van der Waals surface area (Å²) >= 11 is 0. The first-order valence-electron chi connectivity index (χ1n) is 7.66. The van der Waals surface area contributed by atoms with E-state index in [-0.39, 0.29) is 6.61 Å². The second-order valence-electron chi connectivity index (χ2n) is 4.99. The number of hydrogen-bond acceptors (Lipinski definition) is 5. The molecular weight excluding hydrogens is 320 g/mol. The van der Waals surface area contributed by atoms with Crippen LogP contribution in [-0.4, -0.2) is 30.7 Å². The summed E-state index contributed by atoms with van der Waals surface area (Å²) in [4.78, 5) is 26.9. The number of pyridine rings is 1. The maximum atomic E-state index is 11.6. The zero-order valence-electron chi connectivity index (χ0n) is 13.8. The van der Waals surface area contributed by atoms with Crippen molar-refractivity contribution in [3.8, 4) is 11.8 Å². The second-order valence-corrected chi connectivity index (χ2v) is 4.99. The number of hydrogen-bond donors (Lipinski definition) is 1. The van der Waals surface area contributed by atoms with Gasteiger partial charge in [-0.15, -0.1) is 0 Å². The van der Waals surface area contributed by atoms with Crippen molar-refractivity contribution in [3.63, 3.8) is 0 Å². The van der Waals surface area contributed by atoms with Gasteiger partial charge in [-0.25, -0.2) is 9.59 Å². The molecule has 6 nitrogen and oxygen atoms in total. The van der Waals surface area contributed by atoms with E-state index in [2.05, 4.69) is 26.9 Å². The van der Waals surface area contributed by atoms with Crippen molar-refractivity contribution < 1.29 is 19.1 Å². The number of amides is 1. The highest BCUT2D eigenvalue weighted by Crippen LogP contribution is 2.03. The third kappa shape index (κ3) is 6.36. The van der Waals surface area contributed by atoms with Gasteiger partial charge in [-0.1, -0.05) is 42.2 Å². The van der Waals surface area contributed by atoms with Gasteiger partial charge in [0.2, 0.25) is 0 Å². The van der Waals surface area contributed by atoms with E-state index in [1.165, 1.54) is 13.3 Å². The van der Waals surface area contributed by atoms with Crippen LogP contribution in [-0.2, 0) is 16.1 Å². The maximum Gasteiger partial charge on any atom is 0.407 e. The first-order valence-corrected chi connectivity index (χ1v) is 7.66. The summed E-state index contributed by atoms with van der Waals surface area (Å²) in [7, 11) is 1.31. The summed E-state index contributed by atoms with van der Waals surface area (Å²) in [6.45, 7) is 0.592. The van der Waals surface area contributed by atoms with Crippen LogP contribution in [0.1, 0.15) is 27.9 Å². The molecule has 0 aliphatic heterocycles. The number of esters is 1. The third-order valence-corrected chi connectivity index (χ3v) is 3.12. The highest BCUT2D eigenvalue weighted by Gasteiger charge is 2.05. The van der Waals surface area contributed by atoms with E-state index in [1.54, 1.807) is 12.3 Å². The van der Waals surface area contributed by atoms with Crippen LogP contribution in [0.2, 0.25) is 0 Å². The van der Waals surface area contributed by atoms with E-state index < -0.39 is 12.1 Å². The van der Waals surface area contributed by atoms with Crippen molar-refractivity contribution in [1.29, 1.82) is 0 Å². The quantitative estimate of drug-likeness (QED) is 0.515. The molecule has 25 heavy (non-hydrogen) atoms. The van der Waals surface area contributed by atoms with Gasteiger partial charge in [-0.3, -0.25) is 4.98 Å². The SMILES string of the molecule is COC(=O)c1cncc(C#CCCNC(=O)OCc2ccccc2)c1. The fourth-order valence-corrected chi connectivity index (χ4v) is 1.90. The van der Waals surface area contributed by atoms with Gasteiger partial charge < -0.3 is 14.8 Å². The van der Waals surface area contributed by atoms with Gasteiger partial charge in [0.15, 0.2) is 0 Å². The largest absolute Gasteiger partial charge is 0.465 e. The number of carbonyl (C=O) groups is 2. The number of aromatic nitrogens is 1. The molecule has 0 saturated heterocycles. The molecule has 6 heteroatoms. The summed E-state index contributed by atoms with van der Waals surface area (Å²) in [6, 6.07) is 11.0. The maximum absolute atomic E-state index is 11.6. The molecule has 0 aliphatic carbocycles. The van der Waals surface area contributed by atoms with E-state index in [0.717, 1.165) is 5.56 Å². The fourth-order valence-electron chi connectivity index (χ4n) is 1.90. The van der Waals surface area contributed by atoms with Crippen molar-refractivity contribution in [3.05, 3.63) is 65.5 Å². The van der Waals surface area contributed by atoms with Gasteiger partial charge in [0, 0.05) is 30.9 Å². The lowest BCUT2D eigenvalue weighted by Crippen LogP contribution is -2.24. The Labute approximate surface area is 146 Å². The highest BCUT2D eigenvalue weighted by molar-refractivity contribution is 5.89. The van der Waals surface area contributed by atoms with E-state index >= 15 is 0 Å². The van der Waals surface area contributed by atoms with E-state index in [4.69, 9.17) is 4.74 Å². The van der Waals surface area contributed by atoms with Crippen LogP contribution in [0.5, 0.6) is 0 Å². The lowest BCUT2D eigenvalue weighted by Gasteiger charge is -2.05. The Bertz CT molecular complexity index is 779. The Kier molecular flexibility index (Phi) is 7.01. The zero-order valence-corrected chi connectivity index (χ0v) is 13.8. The molecule has 0 spiro atoms. The van der Waals surface area contributed by atoms with Crippen molar-refractivity contribution >= 4 is 12.1 Å². The minimum atomic E-state index is -0.486. The van der Waals surface area contributed by atoms with Crippen LogP contribution in [0.3, 0.4) is 0 Å². The summed E-state index contributed by atoms with van der Waals surface area (Å²) in [5.74, 6) is 5.33. The minimum Gasteiger partial charge on any atom is -0.465 e. The standard InChI is InChI=1S/C19H18N2O4/c1-24-18(22)17-11-16(12-20-13-17)9-5-6-10-21-19(23)25-14-15-7-3-2-4-8-15/h2-4,7-8,11-13H,6,10,14H2,1H3,(H,21,23). The smallest absolute Gasteiger partial charge is 0.407 e. The first kappa shape index (κ1) is 18.0. The third-order valence-electron chi connectivity index (χ3n) is 3.12. The number of nitrogens with one attached hydrogen (secondary N) is 1. The first-order chi connectivity index (χ1) is 12.2. The lowest BCUT2D eigenvalue weighted by molar-refractivity contribution is 0.0600. The Balaban J connectivity index is 1.72. The van der Waals surface area contributed by atoms with Gasteiger partial charge in [-0.2, -0.15) is 0 Å². The second kappa shape index (κ2) is 9.73. The average Bonchev–Trinajstić information content (AvgIpc) is 2.66. The molecule has 1 aromatic carbocycles. The van der Waals surface area contributed by atoms with Crippen LogP contribution < -0.4 is 5.32 Å². The molecule has 0 atom stereocenters. The number of ether oxygens (including phenoxy) is 2. The Morgan fingerprint density at radius 2 is 2.00 bits per heavy atom. The van der Waals surface area contributed by atoms with Crippen LogP contribution in [0.25, 0.3) is 0 Å². The summed E-state index contributed by atoms with van der Waals surface area (Å²) in [6.07, 6.45) is 2.94. The van der Waals surface area contributed by atoms with Crippen LogP contribution >= 0.6 is 0 Å². The molecule has 1 N–H and O–H groups in total. The molecule has 128 valence electrons. The Morgan fingerprint density at radius 3 is 2.76 bits per heavy atom. The predicted octanol–water partition coefficient (Wildman–Crippen LogP) is 2.54. The van der Waals surface area contributed by atoms with Crippen LogP contribution in [0.15, 0.2) is 48.8 Å². The Morgan fingerprint density at radius 1 is 1.20 bits per heavy atom. The molecule has 2 rings (SSSR count). The number of alkyl carbamates (subject to hydrolysis) is 1. The van der Waals surface area contributed by atoms with E-state index in [9.17, 15) is 9.59 Å². The van der Waals surface area contributed by atoms with Crippen LogP contribution in [0.4, 0.5) is 4.79 Å². The molecular formula is C19H18N2O4. The molecule has 0 unspecified atom stereocenters. The molecule has 1 heterocycles. The van der Waals surface area contributed by atoms with Gasteiger partial charge in [0.25, 0.3) is 0 Å². The number of methoxy groups -OCH3 is 1. The summed E-state index contributed by atoms with van der Waals surface area (Å²) in [5, 5.41) is 2.62. The molecule has 0 bridgehead atoms.